The van der Waals surface area contributed by atoms with Gasteiger partial charge in [-0.1, -0.05) is 6.07 Å². The lowest BCUT2D eigenvalue weighted by Gasteiger charge is -2.11. The van der Waals surface area contributed by atoms with E-state index in [0.29, 0.717) is 17.2 Å². The molecule has 0 spiro atoms. The molecule has 11 heteroatoms. The molecule has 1 heterocycles. The number of rotatable bonds is 5. The average molecular weight is 374 g/mol. The second-order valence-corrected chi connectivity index (χ2v) is 7.15. The number of tetrazole rings is 1. The van der Waals surface area contributed by atoms with E-state index in [1.54, 1.807) is 31.2 Å². The summed E-state index contributed by atoms with van der Waals surface area (Å²) in [4.78, 5) is 10.2. The molecule has 1 N–H and O–H groups in total. The molecule has 0 amide bonds. The zero-order valence-electron chi connectivity index (χ0n) is 13.8. The zero-order chi connectivity index (χ0) is 18.9. The van der Waals surface area contributed by atoms with Crippen LogP contribution in [0, 0.1) is 24.0 Å². The van der Waals surface area contributed by atoms with Crippen molar-refractivity contribution in [3.05, 3.63) is 64.0 Å². The van der Waals surface area contributed by atoms with Gasteiger partial charge in [-0.25, -0.2) is 8.42 Å². The van der Waals surface area contributed by atoms with Gasteiger partial charge >= 0.3 is 0 Å². The highest BCUT2D eigenvalue weighted by Gasteiger charge is 2.20. The van der Waals surface area contributed by atoms with Gasteiger partial charge < -0.3 is 0 Å². The van der Waals surface area contributed by atoms with Gasteiger partial charge in [0.05, 0.1) is 21.2 Å². The molecule has 0 fully saturated rings. The molecule has 0 aliphatic rings. The van der Waals surface area contributed by atoms with Crippen LogP contribution in [-0.4, -0.2) is 33.5 Å². The van der Waals surface area contributed by atoms with Crippen LogP contribution in [0.3, 0.4) is 0 Å². The zero-order valence-corrected chi connectivity index (χ0v) is 14.6. The highest BCUT2D eigenvalue weighted by molar-refractivity contribution is 7.92. The van der Waals surface area contributed by atoms with Gasteiger partial charge in [-0.05, 0) is 54.1 Å². The van der Waals surface area contributed by atoms with Crippen molar-refractivity contribution in [2.24, 2.45) is 0 Å². The highest BCUT2D eigenvalue weighted by Crippen LogP contribution is 2.24. The van der Waals surface area contributed by atoms with Crippen molar-refractivity contribution in [1.82, 2.24) is 20.2 Å². The highest BCUT2D eigenvalue weighted by atomic mass is 32.2. The van der Waals surface area contributed by atoms with Gasteiger partial charge in [0.2, 0.25) is 0 Å². The van der Waals surface area contributed by atoms with Crippen LogP contribution < -0.4 is 4.72 Å². The number of nitrogens with zero attached hydrogens (tertiary/aromatic N) is 5. The Balaban J connectivity index is 1.93. The van der Waals surface area contributed by atoms with Gasteiger partial charge in [-0.15, -0.1) is 5.10 Å². The van der Waals surface area contributed by atoms with Crippen molar-refractivity contribution in [2.45, 2.75) is 18.7 Å². The summed E-state index contributed by atoms with van der Waals surface area (Å²) in [6.45, 7) is 3.22. The van der Waals surface area contributed by atoms with Crippen molar-refractivity contribution < 1.29 is 13.3 Å². The van der Waals surface area contributed by atoms with E-state index in [-0.39, 0.29) is 16.1 Å². The number of nitrogens with one attached hydrogen (secondary N) is 1. The van der Waals surface area contributed by atoms with Gasteiger partial charge in [0, 0.05) is 12.1 Å². The fourth-order valence-corrected chi connectivity index (χ4v) is 3.71. The molecular formula is C15H14N6O4S. The molecule has 2 aromatic carbocycles. The lowest BCUT2D eigenvalue weighted by Crippen LogP contribution is -2.14. The van der Waals surface area contributed by atoms with E-state index in [2.05, 4.69) is 20.2 Å². The molecule has 0 aliphatic heterocycles. The molecule has 1 aromatic heterocycles. The minimum absolute atomic E-state index is 0.0351. The van der Waals surface area contributed by atoms with E-state index in [1.165, 1.54) is 23.7 Å². The summed E-state index contributed by atoms with van der Waals surface area (Å²) in [7, 11) is -3.92. The Kier molecular flexibility index (Phi) is 4.38. The van der Waals surface area contributed by atoms with E-state index < -0.39 is 14.9 Å². The van der Waals surface area contributed by atoms with Gasteiger partial charge in [-0.2, -0.15) is 4.68 Å². The molecule has 3 rings (SSSR count). The predicted octanol–water partition coefficient (Wildman–Crippen LogP) is 1.99. The molecule has 0 saturated heterocycles. The topological polar surface area (TPSA) is 133 Å². The van der Waals surface area contributed by atoms with Crippen LogP contribution in [0.2, 0.25) is 0 Å². The van der Waals surface area contributed by atoms with E-state index >= 15 is 0 Å². The molecular weight excluding hydrogens is 360 g/mol. The van der Waals surface area contributed by atoms with Crippen LogP contribution in [0.4, 0.5) is 11.4 Å². The van der Waals surface area contributed by atoms with Crippen molar-refractivity contribution in [3.8, 4) is 5.69 Å². The molecule has 10 nitrogen and oxygen atoms in total. The SMILES string of the molecule is Cc1cc([N+](=O)[O-])ccc1S(=O)(=O)Nc1cccc(-n2nnnc2C)c1. The molecule has 0 bridgehead atoms. The fraction of sp³-hybridized carbons (Fsp3) is 0.133. The first-order valence-electron chi connectivity index (χ1n) is 7.41. The molecule has 0 aliphatic carbocycles. The second-order valence-electron chi connectivity index (χ2n) is 5.50. The lowest BCUT2D eigenvalue weighted by atomic mass is 10.2. The van der Waals surface area contributed by atoms with E-state index in [1.807, 2.05) is 0 Å². The number of aromatic nitrogens is 4. The Labute approximate surface area is 148 Å². The summed E-state index contributed by atoms with van der Waals surface area (Å²) in [5.74, 6) is 0.552. The van der Waals surface area contributed by atoms with Gasteiger partial charge in [0.25, 0.3) is 15.7 Å². The van der Waals surface area contributed by atoms with Crippen LogP contribution in [0.5, 0.6) is 0 Å². The van der Waals surface area contributed by atoms with Crippen LogP contribution in [0.1, 0.15) is 11.4 Å². The minimum atomic E-state index is -3.92. The third-order valence-corrected chi connectivity index (χ3v) is 5.17. The number of benzene rings is 2. The monoisotopic (exact) mass is 374 g/mol. The third kappa shape index (κ3) is 3.37. The van der Waals surface area contributed by atoms with Gasteiger partial charge in [0.15, 0.2) is 5.82 Å². The molecule has 0 radical (unpaired) electrons. The summed E-state index contributed by atoms with van der Waals surface area (Å²) in [6.07, 6.45) is 0. The van der Waals surface area contributed by atoms with Gasteiger partial charge in [0.1, 0.15) is 0 Å². The maximum absolute atomic E-state index is 12.6. The fourth-order valence-electron chi connectivity index (χ4n) is 2.43. The summed E-state index contributed by atoms with van der Waals surface area (Å²) < 4.78 is 29.2. The second kappa shape index (κ2) is 6.52. The standard InChI is InChI=1S/C15H14N6O4S/c1-10-8-14(21(22)23)6-7-15(10)26(24,25)17-12-4-3-5-13(9-12)20-11(2)16-18-19-20/h3-9,17H,1-2H3. The number of sulfonamides is 1. The summed E-state index contributed by atoms with van der Waals surface area (Å²) in [5, 5.41) is 22.0. The molecule has 0 atom stereocenters. The summed E-state index contributed by atoms with van der Waals surface area (Å²) in [6, 6.07) is 10.2. The summed E-state index contributed by atoms with van der Waals surface area (Å²) >= 11 is 0. The predicted molar refractivity (Wildman–Crippen MR) is 92.5 cm³/mol. The van der Waals surface area contributed by atoms with Crippen molar-refractivity contribution in [2.75, 3.05) is 4.72 Å². The first-order valence-corrected chi connectivity index (χ1v) is 8.89. The summed E-state index contributed by atoms with van der Waals surface area (Å²) in [5.41, 5.74) is 1.01. The Bertz CT molecular complexity index is 1090. The Morgan fingerprint density at radius 2 is 1.92 bits per heavy atom. The van der Waals surface area contributed by atoms with E-state index in [0.717, 1.165) is 6.07 Å². The molecule has 134 valence electrons. The molecule has 0 saturated carbocycles. The quantitative estimate of drug-likeness (QED) is 0.533. The number of nitro benzene ring substituents is 1. The lowest BCUT2D eigenvalue weighted by molar-refractivity contribution is -0.385. The van der Waals surface area contributed by atoms with E-state index in [4.69, 9.17) is 0 Å². The van der Waals surface area contributed by atoms with E-state index in [9.17, 15) is 18.5 Å². The molecule has 26 heavy (non-hydrogen) atoms. The first-order chi connectivity index (χ1) is 12.3. The average Bonchev–Trinajstić information content (AvgIpc) is 3.00. The largest absolute Gasteiger partial charge is 0.280 e. The van der Waals surface area contributed by atoms with Crippen molar-refractivity contribution in [1.29, 1.82) is 0 Å². The smallest absolute Gasteiger partial charge is 0.269 e. The number of hydrogen-bond donors (Lipinski definition) is 1. The molecule has 3 aromatic rings. The Morgan fingerprint density at radius 1 is 1.15 bits per heavy atom. The maximum Gasteiger partial charge on any atom is 0.269 e. The van der Waals surface area contributed by atoms with Crippen molar-refractivity contribution in [3.63, 3.8) is 0 Å². The molecule has 0 unspecified atom stereocenters. The third-order valence-electron chi connectivity index (χ3n) is 3.63. The Morgan fingerprint density at radius 3 is 2.54 bits per heavy atom. The van der Waals surface area contributed by atoms with Crippen LogP contribution >= 0.6 is 0 Å². The minimum Gasteiger partial charge on any atom is -0.280 e. The number of nitro groups is 1. The number of anilines is 1. The normalized spacial score (nSPS) is 11.3. The number of hydrogen-bond acceptors (Lipinski definition) is 7. The Hall–Kier alpha value is -3.34. The first kappa shape index (κ1) is 17.5. The van der Waals surface area contributed by atoms with Crippen LogP contribution in [0.15, 0.2) is 47.4 Å². The van der Waals surface area contributed by atoms with Crippen LogP contribution in [0.25, 0.3) is 5.69 Å². The van der Waals surface area contributed by atoms with Crippen LogP contribution in [-0.2, 0) is 10.0 Å². The van der Waals surface area contributed by atoms with Gasteiger partial charge in [-0.3, -0.25) is 14.8 Å². The number of aryl methyl sites for hydroxylation is 2. The van der Waals surface area contributed by atoms with Crippen molar-refractivity contribution >= 4 is 21.4 Å². The maximum atomic E-state index is 12.6. The number of non-ortho nitro benzene ring substituents is 1.